The molecule has 0 unspecified atom stereocenters. The van der Waals surface area contributed by atoms with Crippen molar-refractivity contribution in [3.8, 4) is 22.8 Å². The maximum absolute atomic E-state index is 12.5. The number of aryl methyl sites for hydroxylation is 2. The van der Waals surface area contributed by atoms with Gasteiger partial charge >= 0.3 is 6.16 Å². The first-order valence-electron chi connectivity index (χ1n) is 11.2. The van der Waals surface area contributed by atoms with Crippen LogP contribution in [0.5, 0.6) is 11.5 Å². The fourth-order valence-electron chi connectivity index (χ4n) is 5.10. The molecule has 1 aliphatic heterocycles. The number of aliphatic hydroxyl groups is 1. The topological polar surface area (TPSA) is 128 Å². The number of aromatic nitrogens is 2. The van der Waals surface area contributed by atoms with Crippen LogP contribution in [0.3, 0.4) is 0 Å². The minimum Gasteiger partial charge on any atom is -0.504 e. The summed E-state index contributed by atoms with van der Waals surface area (Å²) in [6, 6.07) is 6.32. The molecule has 4 N–H and O–H groups in total. The summed E-state index contributed by atoms with van der Waals surface area (Å²) in [5.41, 5.74) is 4.40. The van der Waals surface area contributed by atoms with Crippen molar-refractivity contribution < 1.29 is 24.9 Å². The zero-order valence-electron chi connectivity index (χ0n) is 18.4. The van der Waals surface area contributed by atoms with Crippen molar-refractivity contribution in [3.05, 3.63) is 45.4 Å². The standard InChI is InChI=1S/C24H27N3O6/c1-26-15(12-27-7-5-16(28)6-8-27)9-14-10-18-13(11-19(14)26)3-2-4-17-20(18)25-23(30)22(21(17)29)33-24(31)32/h9-11,16,28H,2-8,12H2,1H3,(H,31,32)(H2,25,29,30). The number of rotatable bonds is 3. The highest BCUT2D eigenvalue weighted by Crippen LogP contribution is 2.40. The van der Waals surface area contributed by atoms with E-state index in [0.717, 1.165) is 67.3 Å². The van der Waals surface area contributed by atoms with Crippen LogP contribution in [0, 0.1) is 0 Å². The Morgan fingerprint density at radius 2 is 1.97 bits per heavy atom. The molecule has 0 bridgehead atoms. The summed E-state index contributed by atoms with van der Waals surface area (Å²) in [5.74, 6) is -0.996. The summed E-state index contributed by atoms with van der Waals surface area (Å²) in [5, 5.41) is 30.4. The summed E-state index contributed by atoms with van der Waals surface area (Å²) >= 11 is 0. The molecule has 0 radical (unpaired) electrons. The van der Waals surface area contributed by atoms with Gasteiger partial charge in [0, 0.05) is 54.4 Å². The van der Waals surface area contributed by atoms with Crippen LogP contribution in [-0.2, 0) is 26.4 Å². The van der Waals surface area contributed by atoms with Crippen LogP contribution < -0.4 is 10.3 Å². The number of aliphatic hydroxyl groups excluding tert-OH is 1. The Labute approximate surface area is 189 Å². The number of benzene rings is 1. The number of carboxylic acid groups (broad SMARTS) is 1. The highest BCUT2D eigenvalue weighted by Gasteiger charge is 2.26. The molecule has 1 fully saturated rings. The minimum atomic E-state index is -1.65. The van der Waals surface area contributed by atoms with Crippen LogP contribution in [0.25, 0.3) is 22.2 Å². The minimum absolute atomic E-state index is 0.204. The van der Waals surface area contributed by atoms with E-state index < -0.39 is 23.2 Å². The van der Waals surface area contributed by atoms with Gasteiger partial charge in [0.15, 0.2) is 5.75 Å². The number of aromatic hydroxyl groups is 1. The van der Waals surface area contributed by atoms with E-state index in [-0.39, 0.29) is 6.10 Å². The monoisotopic (exact) mass is 453 g/mol. The van der Waals surface area contributed by atoms with Gasteiger partial charge < -0.3 is 29.6 Å². The van der Waals surface area contributed by atoms with Crippen LogP contribution in [0.4, 0.5) is 4.79 Å². The molecule has 1 aromatic carbocycles. The zero-order valence-corrected chi connectivity index (χ0v) is 18.4. The van der Waals surface area contributed by atoms with Gasteiger partial charge in [0.1, 0.15) is 0 Å². The number of ether oxygens (including phenoxy) is 1. The number of hydrogen-bond acceptors (Lipinski definition) is 6. The third-order valence-electron chi connectivity index (χ3n) is 6.89. The quantitative estimate of drug-likeness (QED) is 0.449. The Hall–Kier alpha value is -3.30. The molecule has 33 heavy (non-hydrogen) atoms. The highest BCUT2D eigenvalue weighted by atomic mass is 16.7. The second-order valence-corrected chi connectivity index (χ2v) is 8.98. The SMILES string of the molecule is Cn1c(CN2CCC(O)CC2)cc2cc3c(cc21)CCCc1c-3[nH]c(=O)c(OC(=O)O)c1O. The van der Waals surface area contributed by atoms with Crippen LogP contribution in [0.1, 0.15) is 36.1 Å². The van der Waals surface area contributed by atoms with Crippen LogP contribution in [0.15, 0.2) is 23.0 Å². The molecule has 0 atom stereocenters. The van der Waals surface area contributed by atoms with Gasteiger partial charge in [-0.1, -0.05) is 0 Å². The van der Waals surface area contributed by atoms with E-state index in [1.807, 2.05) is 6.07 Å². The number of pyridine rings is 1. The van der Waals surface area contributed by atoms with Crippen molar-refractivity contribution in [2.75, 3.05) is 13.1 Å². The van der Waals surface area contributed by atoms with Gasteiger partial charge in [-0.2, -0.15) is 0 Å². The molecule has 9 heteroatoms. The Morgan fingerprint density at radius 1 is 1.21 bits per heavy atom. The lowest BCUT2D eigenvalue weighted by atomic mass is 9.99. The number of aromatic amines is 1. The summed E-state index contributed by atoms with van der Waals surface area (Å²) in [6.07, 6.45) is 1.73. The first-order chi connectivity index (χ1) is 15.8. The second-order valence-electron chi connectivity index (χ2n) is 8.98. The number of carbonyl (C=O) groups is 1. The van der Waals surface area contributed by atoms with Crippen molar-refractivity contribution in [2.24, 2.45) is 7.05 Å². The largest absolute Gasteiger partial charge is 0.511 e. The first kappa shape index (κ1) is 21.5. The predicted molar refractivity (Wildman–Crippen MR) is 122 cm³/mol. The van der Waals surface area contributed by atoms with Gasteiger partial charge in [0.2, 0.25) is 5.75 Å². The van der Waals surface area contributed by atoms with Gasteiger partial charge in [0.05, 0.1) is 11.8 Å². The van der Waals surface area contributed by atoms with E-state index in [0.29, 0.717) is 17.7 Å². The van der Waals surface area contributed by atoms with Gasteiger partial charge in [-0.3, -0.25) is 9.69 Å². The van der Waals surface area contributed by atoms with Crippen molar-refractivity contribution in [3.63, 3.8) is 0 Å². The fraction of sp³-hybridized carbons (Fsp3) is 0.417. The average molecular weight is 453 g/mol. The number of H-pyrrole nitrogens is 1. The summed E-state index contributed by atoms with van der Waals surface area (Å²) in [4.78, 5) is 28.5. The first-order valence-corrected chi connectivity index (χ1v) is 11.2. The molecule has 3 heterocycles. The maximum Gasteiger partial charge on any atom is 0.511 e. The number of nitrogens with zero attached hydrogens (tertiary/aromatic N) is 2. The Balaban J connectivity index is 1.57. The molecule has 1 saturated heterocycles. The van der Waals surface area contributed by atoms with Gasteiger partial charge in [-0.15, -0.1) is 0 Å². The van der Waals surface area contributed by atoms with Crippen molar-refractivity contribution in [1.82, 2.24) is 14.5 Å². The summed E-state index contributed by atoms with van der Waals surface area (Å²) in [7, 11) is 2.05. The smallest absolute Gasteiger partial charge is 0.504 e. The van der Waals surface area contributed by atoms with E-state index in [1.54, 1.807) is 0 Å². The van der Waals surface area contributed by atoms with Gasteiger partial charge in [0.25, 0.3) is 5.56 Å². The number of piperidine rings is 1. The van der Waals surface area contributed by atoms with Crippen molar-refractivity contribution in [1.29, 1.82) is 0 Å². The molecule has 2 aromatic heterocycles. The molecule has 5 rings (SSSR count). The Bertz CT molecular complexity index is 1300. The number of likely N-dealkylation sites (tertiary alicyclic amines) is 1. The molecule has 1 aliphatic carbocycles. The van der Waals surface area contributed by atoms with E-state index >= 15 is 0 Å². The zero-order chi connectivity index (χ0) is 23.3. The van der Waals surface area contributed by atoms with E-state index in [9.17, 15) is 19.8 Å². The lowest BCUT2D eigenvalue weighted by Crippen LogP contribution is -2.35. The lowest BCUT2D eigenvalue weighted by Gasteiger charge is -2.29. The normalized spacial score (nSPS) is 16.9. The van der Waals surface area contributed by atoms with Crippen LogP contribution in [0.2, 0.25) is 0 Å². The predicted octanol–water partition coefficient (Wildman–Crippen LogP) is 2.74. The Kier molecular flexibility index (Phi) is 5.38. The maximum atomic E-state index is 12.5. The molecular weight excluding hydrogens is 426 g/mol. The van der Waals surface area contributed by atoms with E-state index in [4.69, 9.17) is 5.11 Å². The molecule has 0 amide bonds. The molecular formula is C24H27N3O6. The molecule has 2 aliphatic rings. The molecule has 0 spiro atoms. The highest BCUT2D eigenvalue weighted by molar-refractivity contribution is 5.89. The van der Waals surface area contributed by atoms with E-state index in [1.165, 1.54) is 5.69 Å². The lowest BCUT2D eigenvalue weighted by molar-refractivity contribution is 0.0783. The van der Waals surface area contributed by atoms with Gasteiger partial charge in [-0.25, -0.2) is 4.79 Å². The van der Waals surface area contributed by atoms with Crippen molar-refractivity contribution >= 4 is 17.1 Å². The average Bonchev–Trinajstić information content (AvgIpc) is 2.96. The van der Waals surface area contributed by atoms with Crippen molar-refractivity contribution in [2.45, 2.75) is 44.8 Å². The summed E-state index contributed by atoms with van der Waals surface area (Å²) in [6.45, 7) is 2.54. The third-order valence-corrected chi connectivity index (χ3v) is 6.89. The Morgan fingerprint density at radius 3 is 2.70 bits per heavy atom. The van der Waals surface area contributed by atoms with Crippen LogP contribution >= 0.6 is 0 Å². The number of nitrogens with one attached hydrogen (secondary N) is 1. The molecule has 3 aromatic rings. The summed E-state index contributed by atoms with van der Waals surface area (Å²) < 4.78 is 6.73. The van der Waals surface area contributed by atoms with Crippen LogP contribution in [-0.4, -0.2) is 55.1 Å². The fourth-order valence-corrected chi connectivity index (χ4v) is 5.10. The molecule has 9 nitrogen and oxygen atoms in total. The molecule has 0 saturated carbocycles. The number of hydrogen-bond donors (Lipinski definition) is 4. The second kappa shape index (κ2) is 8.24. The molecule has 174 valence electrons. The number of fused-ring (bicyclic) bond motifs is 4. The van der Waals surface area contributed by atoms with Gasteiger partial charge in [-0.05, 0) is 55.9 Å². The third kappa shape index (κ3) is 3.87. The van der Waals surface area contributed by atoms with E-state index in [2.05, 4.69) is 38.4 Å².